The van der Waals surface area contributed by atoms with Gasteiger partial charge in [0.15, 0.2) is 0 Å². The molecule has 0 aromatic heterocycles. The van der Waals surface area contributed by atoms with Crippen LogP contribution in [-0.2, 0) is 8.85 Å². The first-order valence-corrected chi connectivity index (χ1v) is 4.39. The highest BCUT2D eigenvalue weighted by atomic mass is 28.3. The van der Waals surface area contributed by atoms with Crippen LogP contribution in [-0.4, -0.2) is 23.5 Å². The minimum atomic E-state index is -1.27. The Morgan fingerprint density at radius 2 is 1.50 bits per heavy atom. The minimum absolute atomic E-state index is 0.574. The highest BCUT2D eigenvalue weighted by Crippen LogP contribution is 2.06. The van der Waals surface area contributed by atoms with Crippen molar-refractivity contribution in [2.24, 2.45) is 0 Å². The molecule has 0 aliphatic rings. The van der Waals surface area contributed by atoms with E-state index in [1.165, 1.54) is 0 Å². The summed E-state index contributed by atoms with van der Waals surface area (Å²) in [6.45, 7) is 4.23. The first-order chi connectivity index (χ1) is 3.72. The van der Waals surface area contributed by atoms with E-state index in [9.17, 15) is 0 Å². The molecule has 2 nitrogen and oxygen atoms in total. The summed E-state index contributed by atoms with van der Waals surface area (Å²) in [5.74, 6) is 0. The van der Waals surface area contributed by atoms with Gasteiger partial charge in [-0.1, -0.05) is 13.8 Å². The largest absolute Gasteiger partial charge is 0.400 e. The van der Waals surface area contributed by atoms with Crippen molar-refractivity contribution in [3.8, 4) is 0 Å². The Labute approximate surface area is 52.7 Å². The molecular formula is C5H14O2Si. The number of hydrogen-bond acceptors (Lipinski definition) is 2. The van der Waals surface area contributed by atoms with E-state index in [1.807, 2.05) is 0 Å². The van der Waals surface area contributed by atoms with E-state index in [4.69, 9.17) is 8.85 Å². The van der Waals surface area contributed by atoms with Gasteiger partial charge >= 0.3 is 9.28 Å². The average molecular weight is 134 g/mol. The van der Waals surface area contributed by atoms with Crippen molar-refractivity contribution in [2.45, 2.75) is 19.4 Å². The van der Waals surface area contributed by atoms with Gasteiger partial charge in [-0.15, -0.1) is 0 Å². The topological polar surface area (TPSA) is 18.5 Å². The standard InChI is InChI=1S/C5H14O2Si/c1-5(2)8(6-3)7-4/h5,8H,1-4H3. The zero-order chi connectivity index (χ0) is 6.57. The summed E-state index contributed by atoms with van der Waals surface area (Å²) < 4.78 is 10.2. The fourth-order valence-corrected chi connectivity index (χ4v) is 1.92. The lowest BCUT2D eigenvalue weighted by atomic mass is 10.6. The maximum absolute atomic E-state index is 5.08. The molecule has 0 amide bonds. The fourth-order valence-electron chi connectivity index (χ4n) is 0.641. The van der Waals surface area contributed by atoms with Crippen molar-refractivity contribution in [1.82, 2.24) is 0 Å². The van der Waals surface area contributed by atoms with E-state index in [0.717, 1.165) is 0 Å². The molecule has 0 spiro atoms. The molecule has 0 N–H and O–H groups in total. The van der Waals surface area contributed by atoms with Crippen LogP contribution >= 0.6 is 0 Å². The Morgan fingerprint density at radius 1 is 1.12 bits per heavy atom. The number of rotatable bonds is 3. The van der Waals surface area contributed by atoms with E-state index in [-0.39, 0.29) is 0 Å². The third-order valence-corrected chi connectivity index (χ3v) is 3.03. The highest BCUT2D eigenvalue weighted by molar-refractivity contribution is 6.45. The molecule has 0 aromatic rings. The van der Waals surface area contributed by atoms with E-state index in [0.29, 0.717) is 5.54 Å². The van der Waals surface area contributed by atoms with Crippen LogP contribution in [0.3, 0.4) is 0 Å². The van der Waals surface area contributed by atoms with Crippen LogP contribution in [0.15, 0.2) is 0 Å². The molecule has 0 aliphatic carbocycles. The van der Waals surface area contributed by atoms with E-state index in [1.54, 1.807) is 14.2 Å². The molecule has 0 atom stereocenters. The maximum atomic E-state index is 5.08. The smallest absolute Gasteiger partial charge is 0.323 e. The molecule has 0 saturated heterocycles. The quantitative estimate of drug-likeness (QED) is 0.534. The normalized spacial score (nSPS) is 11.2. The Bertz CT molecular complexity index is 52.4. The van der Waals surface area contributed by atoms with Gasteiger partial charge in [-0.05, 0) is 5.54 Å². The van der Waals surface area contributed by atoms with E-state index < -0.39 is 9.28 Å². The SMILES string of the molecule is CO[SiH](OC)C(C)C. The third kappa shape index (κ3) is 2.45. The minimum Gasteiger partial charge on any atom is -0.400 e. The molecule has 8 heavy (non-hydrogen) atoms. The van der Waals surface area contributed by atoms with Crippen molar-refractivity contribution in [1.29, 1.82) is 0 Å². The first-order valence-electron chi connectivity index (χ1n) is 2.78. The lowest BCUT2D eigenvalue weighted by Crippen LogP contribution is -2.22. The molecule has 0 radical (unpaired) electrons. The van der Waals surface area contributed by atoms with Gasteiger partial charge in [-0.25, -0.2) is 0 Å². The zero-order valence-corrected chi connectivity index (χ0v) is 7.13. The van der Waals surface area contributed by atoms with Crippen LogP contribution in [0, 0.1) is 0 Å². The zero-order valence-electron chi connectivity index (χ0n) is 5.97. The van der Waals surface area contributed by atoms with Gasteiger partial charge in [0.2, 0.25) is 0 Å². The first kappa shape index (κ1) is 8.14. The summed E-state index contributed by atoms with van der Waals surface area (Å²) in [5, 5.41) is 0. The average Bonchev–Trinajstić information content (AvgIpc) is 1.69. The Hall–Kier alpha value is 0.137. The van der Waals surface area contributed by atoms with Crippen molar-refractivity contribution in [3.63, 3.8) is 0 Å². The van der Waals surface area contributed by atoms with Crippen LogP contribution < -0.4 is 0 Å². The van der Waals surface area contributed by atoms with Gasteiger partial charge in [-0.3, -0.25) is 0 Å². The summed E-state index contributed by atoms with van der Waals surface area (Å²) in [4.78, 5) is 0. The lowest BCUT2D eigenvalue weighted by Gasteiger charge is -2.13. The predicted molar refractivity (Wildman–Crippen MR) is 36.3 cm³/mol. The molecule has 0 rings (SSSR count). The predicted octanol–water partition coefficient (Wildman–Crippen LogP) is 0.910. The second-order valence-corrected chi connectivity index (χ2v) is 5.10. The molecule has 0 heterocycles. The molecule has 0 aliphatic heterocycles. The van der Waals surface area contributed by atoms with Crippen LogP contribution in [0.5, 0.6) is 0 Å². The molecular weight excluding hydrogens is 120 g/mol. The van der Waals surface area contributed by atoms with Gasteiger partial charge in [0.1, 0.15) is 0 Å². The van der Waals surface area contributed by atoms with Gasteiger partial charge in [0.05, 0.1) is 0 Å². The summed E-state index contributed by atoms with van der Waals surface area (Å²) in [5.41, 5.74) is 0.574. The van der Waals surface area contributed by atoms with Crippen LogP contribution in [0.25, 0.3) is 0 Å². The second-order valence-electron chi connectivity index (χ2n) is 2.08. The maximum Gasteiger partial charge on any atom is 0.323 e. The molecule has 0 bridgehead atoms. The Morgan fingerprint density at radius 3 is 1.50 bits per heavy atom. The van der Waals surface area contributed by atoms with Gasteiger partial charge in [-0.2, -0.15) is 0 Å². The summed E-state index contributed by atoms with van der Waals surface area (Å²) in [6.07, 6.45) is 0. The lowest BCUT2D eigenvalue weighted by molar-refractivity contribution is 0.269. The van der Waals surface area contributed by atoms with Crippen molar-refractivity contribution in [3.05, 3.63) is 0 Å². The summed E-state index contributed by atoms with van der Waals surface area (Å²) in [6, 6.07) is 0. The van der Waals surface area contributed by atoms with Gasteiger partial charge in [0.25, 0.3) is 0 Å². The molecule has 0 saturated carbocycles. The van der Waals surface area contributed by atoms with Gasteiger partial charge < -0.3 is 8.85 Å². The van der Waals surface area contributed by atoms with Crippen molar-refractivity contribution >= 4 is 9.28 Å². The summed E-state index contributed by atoms with van der Waals surface area (Å²) in [7, 11) is 2.15. The van der Waals surface area contributed by atoms with Crippen LogP contribution in [0.2, 0.25) is 5.54 Å². The van der Waals surface area contributed by atoms with Crippen molar-refractivity contribution in [2.75, 3.05) is 14.2 Å². The van der Waals surface area contributed by atoms with Crippen LogP contribution in [0.1, 0.15) is 13.8 Å². The van der Waals surface area contributed by atoms with E-state index in [2.05, 4.69) is 13.8 Å². The Kier molecular flexibility index (Phi) is 4.13. The number of hydrogen-bond donors (Lipinski definition) is 0. The molecule has 0 fully saturated rings. The summed E-state index contributed by atoms with van der Waals surface area (Å²) >= 11 is 0. The molecule has 0 aromatic carbocycles. The fraction of sp³-hybridized carbons (Fsp3) is 1.00. The third-order valence-electron chi connectivity index (χ3n) is 1.01. The second kappa shape index (κ2) is 4.06. The Balaban J connectivity index is 3.35. The van der Waals surface area contributed by atoms with Crippen LogP contribution in [0.4, 0.5) is 0 Å². The molecule has 3 heteroatoms. The van der Waals surface area contributed by atoms with Gasteiger partial charge in [0, 0.05) is 14.2 Å². The molecule has 50 valence electrons. The monoisotopic (exact) mass is 134 g/mol. The van der Waals surface area contributed by atoms with E-state index >= 15 is 0 Å². The molecule has 0 unspecified atom stereocenters. The highest BCUT2D eigenvalue weighted by Gasteiger charge is 2.13. The van der Waals surface area contributed by atoms with Crippen molar-refractivity contribution < 1.29 is 8.85 Å².